The molecule has 5 heteroatoms. The highest BCUT2D eigenvalue weighted by Crippen LogP contribution is 2.32. The number of fused-ring (bicyclic) bond motifs is 1. The number of benzene rings is 1. The monoisotopic (exact) mass is 297 g/mol. The van der Waals surface area contributed by atoms with E-state index < -0.39 is 0 Å². The first-order valence-corrected chi connectivity index (χ1v) is 6.77. The molecule has 0 atom stereocenters. The molecule has 2 heterocycles. The summed E-state index contributed by atoms with van der Waals surface area (Å²) in [6.07, 6.45) is 0. The molecule has 0 saturated carbocycles. The fourth-order valence-electron chi connectivity index (χ4n) is 1.96. The number of hydrogen-bond donors (Lipinski definition) is 1. The maximum absolute atomic E-state index is 5.36. The average Bonchev–Trinajstić information content (AvgIpc) is 2.97. The van der Waals surface area contributed by atoms with Gasteiger partial charge in [-0.1, -0.05) is 6.07 Å². The van der Waals surface area contributed by atoms with Crippen LogP contribution in [-0.2, 0) is 13.1 Å². The van der Waals surface area contributed by atoms with Crippen LogP contribution in [0.2, 0.25) is 0 Å². The van der Waals surface area contributed by atoms with Crippen molar-refractivity contribution in [1.29, 1.82) is 0 Å². The molecule has 1 N–H and O–H groups in total. The van der Waals surface area contributed by atoms with Crippen molar-refractivity contribution in [3.63, 3.8) is 0 Å². The molecule has 3 rings (SSSR count). The Bertz CT molecular complexity index is 556. The summed E-state index contributed by atoms with van der Waals surface area (Å²) < 4.78 is 10.6. The van der Waals surface area contributed by atoms with Crippen molar-refractivity contribution in [3.8, 4) is 11.5 Å². The van der Waals surface area contributed by atoms with Gasteiger partial charge in [0.1, 0.15) is 0 Å². The van der Waals surface area contributed by atoms with E-state index in [4.69, 9.17) is 9.47 Å². The fraction of sp³-hybridized carbons (Fsp3) is 0.286. The Labute approximate surface area is 123 Å². The molecular weight excluding hydrogens is 282 g/mol. The van der Waals surface area contributed by atoms with Crippen LogP contribution < -0.4 is 14.8 Å². The van der Waals surface area contributed by atoms with Crippen LogP contribution in [0.25, 0.3) is 0 Å². The second-order valence-electron chi connectivity index (χ2n) is 4.30. The topological polar surface area (TPSA) is 30.5 Å². The molecule has 0 radical (unpaired) electrons. The molecule has 1 aliphatic rings. The molecule has 0 aliphatic carbocycles. The Morgan fingerprint density at radius 3 is 2.74 bits per heavy atom. The lowest BCUT2D eigenvalue weighted by Crippen LogP contribution is -2.11. The zero-order valence-electron chi connectivity index (χ0n) is 10.6. The summed E-state index contributed by atoms with van der Waals surface area (Å²) in [7, 11) is 0. The van der Waals surface area contributed by atoms with Gasteiger partial charge in [0.15, 0.2) is 11.5 Å². The molecule has 3 nitrogen and oxygen atoms in total. The number of hydrogen-bond acceptors (Lipinski definition) is 4. The summed E-state index contributed by atoms with van der Waals surface area (Å²) in [5.74, 6) is 1.69. The van der Waals surface area contributed by atoms with Gasteiger partial charge >= 0.3 is 0 Å². The van der Waals surface area contributed by atoms with E-state index in [1.165, 1.54) is 15.3 Å². The predicted molar refractivity (Wildman–Crippen MR) is 79.4 cm³/mol. The fourth-order valence-corrected chi connectivity index (χ4v) is 2.82. The van der Waals surface area contributed by atoms with E-state index in [1.807, 2.05) is 23.5 Å². The SMILES string of the molecule is Cc1ccc(CNCc2ccc3c(c2)OCO3)s1.Cl. The largest absolute Gasteiger partial charge is 0.454 e. The van der Waals surface area contributed by atoms with Gasteiger partial charge in [-0.05, 0) is 36.8 Å². The van der Waals surface area contributed by atoms with E-state index in [0.717, 1.165) is 24.6 Å². The molecule has 0 fully saturated rings. The number of halogens is 1. The van der Waals surface area contributed by atoms with Gasteiger partial charge in [0.2, 0.25) is 6.79 Å². The van der Waals surface area contributed by atoms with Crippen molar-refractivity contribution in [1.82, 2.24) is 5.32 Å². The molecule has 1 aromatic heterocycles. The zero-order valence-corrected chi connectivity index (χ0v) is 12.3. The van der Waals surface area contributed by atoms with Gasteiger partial charge in [0.05, 0.1) is 0 Å². The van der Waals surface area contributed by atoms with Crippen LogP contribution in [0, 0.1) is 6.92 Å². The van der Waals surface area contributed by atoms with Gasteiger partial charge in [-0.3, -0.25) is 0 Å². The van der Waals surface area contributed by atoms with Crippen molar-refractivity contribution < 1.29 is 9.47 Å². The maximum Gasteiger partial charge on any atom is 0.231 e. The molecule has 0 amide bonds. The first kappa shape index (κ1) is 14.2. The second kappa shape index (κ2) is 6.28. The Morgan fingerprint density at radius 2 is 1.95 bits per heavy atom. The van der Waals surface area contributed by atoms with Crippen LogP contribution in [0.15, 0.2) is 30.3 Å². The van der Waals surface area contributed by atoms with Crippen LogP contribution in [0.5, 0.6) is 11.5 Å². The molecule has 0 unspecified atom stereocenters. The van der Waals surface area contributed by atoms with Crippen LogP contribution in [0.4, 0.5) is 0 Å². The van der Waals surface area contributed by atoms with Gasteiger partial charge in [-0.25, -0.2) is 0 Å². The second-order valence-corrected chi connectivity index (χ2v) is 5.68. The highest BCUT2D eigenvalue weighted by molar-refractivity contribution is 7.11. The van der Waals surface area contributed by atoms with Crippen molar-refractivity contribution in [2.75, 3.05) is 6.79 Å². The van der Waals surface area contributed by atoms with E-state index in [0.29, 0.717) is 6.79 Å². The van der Waals surface area contributed by atoms with Gasteiger partial charge in [-0.15, -0.1) is 23.7 Å². The van der Waals surface area contributed by atoms with E-state index in [9.17, 15) is 0 Å². The maximum atomic E-state index is 5.36. The molecule has 0 saturated heterocycles. The first-order chi connectivity index (χ1) is 8.81. The Morgan fingerprint density at radius 1 is 1.11 bits per heavy atom. The summed E-state index contributed by atoms with van der Waals surface area (Å²) >= 11 is 1.84. The number of rotatable bonds is 4. The lowest BCUT2D eigenvalue weighted by Gasteiger charge is -2.04. The third-order valence-electron chi connectivity index (χ3n) is 2.86. The highest BCUT2D eigenvalue weighted by atomic mass is 35.5. The lowest BCUT2D eigenvalue weighted by atomic mass is 10.2. The Hall–Kier alpha value is -1.23. The first-order valence-electron chi connectivity index (χ1n) is 5.96. The van der Waals surface area contributed by atoms with Gasteiger partial charge in [0, 0.05) is 22.8 Å². The summed E-state index contributed by atoms with van der Waals surface area (Å²) in [6.45, 7) is 4.22. The van der Waals surface area contributed by atoms with Crippen molar-refractivity contribution >= 4 is 23.7 Å². The minimum absolute atomic E-state index is 0. The summed E-state index contributed by atoms with van der Waals surface area (Å²) in [5, 5.41) is 3.44. The summed E-state index contributed by atoms with van der Waals surface area (Å²) in [5.41, 5.74) is 1.22. The standard InChI is InChI=1S/C14H15NO2S.ClH/c1-10-2-4-12(18-10)8-15-7-11-3-5-13-14(6-11)17-9-16-13;/h2-6,15H,7-9H2,1H3;1H. The molecule has 19 heavy (non-hydrogen) atoms. The quantitative estimate of drug-likeness (QED) is 0.937. The highest BCUT2D eigenvalue weighted by Gasteiger charge is 2.12. The van der Waals surface area contributed by atoms with E-state index in [-0.39, 0.29) is 12.4 Å². The third-order valence-corrected chi connectivity index (χ3v) is 3.86. The van der Waals surface area contributed by atoms with E-state index in [1.54, 1.807) is 0 Å². The molecular formula is C14H16ClNO2S. The summed E-state index contributed by atoms with van der Waals surface area (Å²) in [6, 6.07) is 10.4. The molecule has 2 aromatic rings. The lowest BCUT2D eigenvalue weighted by molar-refractivity contribution is 0.174. The number of ether oxygens (including phenoxy) is 2. The van der Waals surface area contributed by atoms with E-state index >= 15 is 0 Å². The zero-order chi connectivity index (χ0) is 12.4. The Balaban J connectivity index is 0.00000133. The van der Waals surface area contributed by atoms with Crippen molar-refractivity contribution in [3.05, 3.63) is 45.6 Å². The van der Waals surface area contributed by atoms with Crippen molar-refractivity contribution in [2.45, 2.75) is 20.0 Å². The summed E-state index contributed by atoms with van der Waals surface area (Å²) in [4.78, 5) is 2.73. The third kappa shape index (κ3) is 3.41. The molecule has 0 spiro atoms. The van der Waals surface area contributed by atoms with Crippen molar-refractivity contribution in [2.24, 2.45) is 0 Å². The average molecular weight is 298 g/mol. The Kier molecular flexibility index (Phi) is 4.69. The molecule has 102 valence electrons. The van der Waals surface area contributed by atoms with Gasteiger partial charge in [-0.2, -0.15) is 0 Å². The smallest absolute Gasteiger partial charge is 0.231 e. The molecule has 1 aliphatic heterocycles. The number of thiophene rings is 1. The molecule has 0 bridgehead atoms. The van der Waals surface area contributed by atoms with Crippen LogP contribution >= 0.6 is 23.7 Å². The normalized spacial score (nSPS) is 12.3. The van der Waals surface area contributed by atoms with Gasteiger partial charge < -0.3 is 14.8 Å². The molecule has 1 aromatic carbocycles. The minimum Gasteiger partial charge on any atom is -0.454 e. The van der Waals surface area contributed by atoms with Crippen LogP contribution in [0.3, 0.4) is 0 Å². The number of nitrogens with one attached hydrogen (secondary N) is 1. The number of aryl methyl sites for hydroxylation is 1. The predicted octanol–water partition coefficient (Wildman–Crippen LogP) is 3.50. The van der Waals surface area contributed by atoms with Crippen LogP contribution in [-0.4, -0.2) is 6.79 Å². The van der Waals surface area contributed by atoms with Gasteiger partial charge in [0.25, 0.3) is 0 Å². The minimum atomic E-state index is 0. The van der Waals surface area contributed by atoms with E-state index in [2.05, 4.69) is 30.4 Å². The van der Waals surface area contributed by atoms with Crippen LogP contribution in [0.1, 0.15) is 15.3 Å².